The van der Waals surface area contributed by atoms with Gasteiger partial charge in [-0.2, -0.15) is 0 Å². The molecular formula is C14H26N2O2. The van der Waals surface area contributed by atoms with Crippen LogP contribution in [0.4, 0.5) is 0 Å². The van der Waals surface area contributed by atoms with Gasteiger partial charge in [-0.05, 0) is 26.2 Å². The molecule has 1 aliphatic heterocycles. The van der Waals surface area contributed by atoms with E-state index in [4.69, 9.17) is 0 Å². The Hall–Kier alpha value is -1.06. The van der Waals surface area contributed by atoms with Gasteiger partial charge < -0.3 is 10.2 Å². The molecule has 0 aliphatic carbocycles. The molecule has 4 nitrogen and oxygen atoms in total. The van der Waals surface area contributed by atoms with Crippen LogP contribution >= 0.6 is 0 Å². The van der Waals surface area contributed by atoms with Crippen LogP contribution in [0.3, 0.4) is 0 Å². The van der Waals surface area contributed by atoms with Gasteiger partial charge in [-0.1, -0.05) is 27.2 Å². The summed E-state index contributed by atoms with van der Waals surface area (Å²) in [5, 5.41) is 2.89. The van der Waals surface area contributed by atoms with Crippen molar-refractivity contribution in [1.29, 1.82) is 0 Å². The largest absolute Gasteiger partial charge is 0.344 e. The Morgan fingerprint density at radius 1 is 1.28 bits per heavy atom. The maximum Gasteiger partial charge on any atom is 0.245 e. The van der Waals surface area contributed by atoms with E-state index in [9.17, 15) is 9.59 Å². The zero-order chi connectivity index (χ0) is 13.9. The van der Waals surface area contributed by atoms with Crippen LogP contribution in [0.15, 0.2) is 0 Å². The molecule has 0 spiro atoms. The molecule has 4 unspecified atom stereocenters. The Kier molecular flexibility index (Phi) is 5.17. The number of amides is 2. The second kappa shape index (κ2) is 6.21. The van der Waals surface area contributed by atoms with E-state index < -0.39 is 0 Å². The molecule has 0 aromatic rings. The summed E-state index contributed by atoms with van der Waals surface area (Å²) in [6.07, 6.45) is 2.21. The summed E-state index contributed by atoms with van der Waals surface area (Å²) in [6, 6.07) is -0.185. The molecule has 4 atom stereocenters. The first kappa shape index (κ1) is 15.0. The lowest BCUT2D eigenvalue weighted by Gasteiger charge is -2.35. The van der Waals surface area contributed by atoms with Gasteiger partial charge in [-0.15, -0.1) is 0 Å². The van der Waals surface area contributed by atoms with Crippen LogP contribution in [0.25, 0.3) is 0 Å². The van der Waals surface area contributed by atoms with E-state index in [0.717, 1.165) is 12.8 Å². The summed E-state index contributed by atoms with van der Waals surface area (Å²) in [4.78, 5) is 26.3. The molecule has 0 saturated carbocycles. The van der Waals surface area contributed by atoms with Crippen LogP contribution in [-0.4, -0.2) is 34.8 Å². The van der Waals surface area contributed by atoms with E-state index in [0.29, 0.717) is 6.42 Å². The minimum Gasteiger partial charge on any atom is -0.344 e. The SMILES string of the molecule is CCC(C)C1NC(=O)CC(C)N(C(C)CC)C1=O. The third kappa shape index (κ3) is 3.03. The van der Waals surface area contributed by atoms with Crippen molar-refractivity contribution < 1.29 is 9.59 Å². The second-order valence-corrected chi connectivity index (χ2v) is 5.49. The Bertz CT molecular complexity index is 317. The van der Waals surface area contributed by atoms with Crippen LogP contribution in [0, 0.1) is 5.92 Å². The summed E-state index contributed by atoms with van der Waals surface area (Å²) in [7, 11) is 0. The van der Waals surface area contributed by atoms with Gasteiger partial charge in [-0.25, -0.2) is 0 Å². The predicted octanol–water partition coefficient (Wildman–Crippen LogP) is 1.94. The van der Waals surface area contributed by atoms with Gasteiger partial charge in [0.2, 0.25) is 11.8 Å². The molecule has 1 fully saturated rings. The van der Waals surface area contributed by atoms with E-state index >= 15 is 0 Å². The number of rotatable bonds is 4. The van der Waals surface area contributed by atoms with E-state index in [1.165, 1.54) is 0 Å². The number of hydrogen-bond donors (Lipinski definition) is 1. The maximum atomic E-state index is 12.6. The van der Waals surface area contributed by atoms with Gasteiger partial charge in [0.1, 0.15) is 6.04 Å². The summed E-state index contributed by atoms with van der Waals surface area (Å²) < 4.78 is 0. The van der Waals surface area contributed by atoms with Gasteiger partial charge >= 0.3 is 0 Å². The van der Waals surface area contributed by atoms with Crippen molar-refractivity contribution in [2.24, 2.45) is 5.92 Å². The van der Waals surface area contributed by atoms with Crippen molar-refractivity contribution in [3.05, 3.63) is 0 Å². The summed E-state index contributed by atoms with van der Waals surface area (Å²) >= 11 is 0. The van der Waals surface area contributed by atoms with E-state index in [2.05, 4.69) is 19.2 Å². The Balaban J connectivity index is 3.01. The van der Waals surface area contributed by atoms with E-state index in [1.807, 2.05) is 25.7 Å². The minimum atomic E-state index is -0.360. The Labute approximate surface area is 110 Å². The van der Waals surface area contributed by atoms with Crippen molar-refractivity contribution in [3.63, 3.8) is 0 Å². The van der Waals surface area contributed by atoms with Crippen LogP contribution in [0.1, 0.15) is 53.9 Å². The average molecular weight is 254 g/mol. The standard InChI is InChI=1S/C14H26N2O2/c1-6-9(3)13-14(18)16(10(4)7-2)11(5)8-12(17)15-13/h9-11,13H,6-8H2,1-5H3,(H,15,17). The molecule has 1 heterocycles. The predicted molar refractivity (Wildman–Crippen MR) is 72.1 cm³/mol. The number of carbonyl (C=O) groups excluding carboxylic acids is 2. The second-order valence-electron chi connectivity index (χ2n) is 5.49. The highest BCUT2D eigenvalue weighted by molar-refractivity contribution is 5.90. The Morgan fingerprint density at radius 2 is 1.89 bits per heavy atom. The third-order valence-electron chi connectivity index (χ3n) is 4.07. The molecular weight excluding hydrogens is 228 g/mol. The first-order chi connectivity index (χ1) is 8.42. The molecule has 1 N–H and O–H groups in total. The van der Waals surface area contributed by atoms with Crippen molar-refractivity contribution in [2.75, 3.05) is 0 Å². The minimum absolute atomic E-state index is 0.00745. The quantitative estimate of drug-likeness (QED) is 0.833. The topological polar surface area (TPSA) is 49.4 Å². The van der Waals surface area contributed by atoms with Crippen LogP contribution < -0.4 is 5.32 Å². The molecule has 1 rings (SSSR count). The van der Waals surface area contributed by atoms with Crippen molar-refractivity contribution in [1.82, 2.24) is 10.2 Å². The third-order valence-corrected chi connectivity index (χ3v) is 4.07. The highest BCUT2D eigenvalue weighted by Crippen LogP contribution is 2.21. The van der Waals surface area contributed by atoms with Gasteiger partial charge in [0.15, 0.2) is 0 Å². The number of carbonyl (C=O) groups is 2. The first-order valence-electron chi connectivity index (χ1n) is 7.03. The van der Waals surface area contributed by atoms with E-state index in [-0.39, 0.29) is 35.9 Å². The molecule has 1 saturated heterocycles. The fraction of sp³-hybridized carbons (Fsp3) is 0.857. The van der Waals surface area contributed by atoms with Crippen molar-refractivity contribution in [2.45, 2.75) is 72.0 Å². The fourth-order valence-corrected chi connectivity index (χ4v) is 2.51. The van der Waals surface area contributed by atoms with Gasteiger partial charge in [-0.3, -0.25) is 9.59 Å². The summed E-state index contributed by atoms with van der Waals surface area (Å²) in [5.74, 6) is 0.252. The molecule has 0 aromatic carbocycles. The van der Waals surface area contributed by atoms with Crippen LogP contribution in [0.2, 0.25) is 0 Å². The molecule has 4 heteroatoms. The molecule has 0 radical (unpaired) electrons. The highest BCUT2D eigenvalue weighted by Gasteiger charge is 2.37. The molecule has 0 bridgehead atoms. The number of nitrogens with one attached hydrogen (secondary N) is 1. The number of hydrogen-bond acceptors (Lipinski definition) is 2. The van der Waals surface area contributed by atoms with Gasteiger partial charge in [0.05, 0.1) is 0 Å². The van der Waals surface area contributed by atoms with Gasteiger partial charge in [0.25, 0.3) is 0 Å². The molecule has 1 aliphatic rings. The lowest BCUT2D eigenvalue weighted by Crippen LogP contribution is -2.52. The zero-order valence-corrected chi connectivity index (χ0v) is 12.2. The lowest BCUT2D eigenvalue weighted by atomic mass is 9.97. The molecule has 104 valence electrons. The smallest absolute Gasteiger partial charge is 0.245 e. The molecule has 18 heavy (non-hydrogen) atoms. The normalized spacial score (nSPS) is 28.6. The Morgan fingerprint density at radius 3 is 2.39 bits per heavy atom. The summed E-state index contributed by atoms with van der Waals surface area (Å²) in [5.41, 5.74) is 0. The van der Waals surface area contributed by atoms with Crippen LogP contribution in [-0.2, 0) is 9.59 Å². The lowest BCUT2D eigenvalue weighted by molar-refractivity contribution is -0.138. The fourth-order valence-electron chi connectivity index (χ4n) is 2.51. The maximum absolute atomic E-state index is 12.6. The first-order valence-corrected chi connectivity index (χ1v) is 7.03. The monoisotopic (exact) mass is 254 g/mol. The summed E-state index contributed by atoms with van der Waals surface area (Å²) in [6.45, 7) is 10.2. The van der Waals surface area contributed by atoms with Crippen molar-refractivity contribution >= 4 is 11.8 Å². The average Bonchev–Trinajstić information content (AvgIpc) is 2.44. The molecule has 2 amide bonds. The highest BCUT2D eigenvalue weighted by atomic mass is 16.2. The van der Waals surface area contributed by atoms with Gasteiger partial charge in [0, 0.05) is 18.5 Å². The van der Waals surface area contributed by atoms with E-state index in [1.54, 1.807) is 0 Å². The number of nitrogens with zero attached hydrogens (tertiary/aromatic N) is 1. The van der Waals surface area contributed by atoms with Crippen molar-refractivity contribution in [3.8, 4) is 0 Å². The molecule has 0 aromatic heterocycles. The van der Waals surface area contributed by atoms with Crippen LogP contribution in [0.5, 0.6) is 0 Å². The zero-order valence-electron chi connectivity index (χ0n) is 12.2.